The lowest BCUT2D eigenvalue weighted by atomic mass is 9.91. The monoisotopic (exact) mass is 364 g/mol. The minimum absolute atomic E-state index is 0.00662. The molecule has 0 aromatic carbocycles. The number of piperazine rings is 1. The Kier molecular flexibility index (Phi) is 5.95. The molecule has 1 aromatic heterocycles. The van der Waals surface area contributed by atoms with Gasteiger partial charge in [-0.25, -0.2) is 0 Å². The highest BCUT2D eigenvalue weighted by Gasteiger charge is 2.43. The number of amides is 2. The molecule has 3 heterocycles. The largest absolute Gasteiger partial charge is 0.383 e. The Balaban J connectivity index is 1.53. The molecule has 3 rings (SSSR count). The van der Waals surface area contributed by atoms with Crippen molar-refractivity contribution in [3.8, 4) is 0 Å². The molecule has 0 radical (unpaired) electrons. The second kappa shape index (κ2) is 8.20. The van der Waals surface area contributed by atoms with Gasteiger partial charge in [0.2, 0.25) is 0 Å². The second-order valence-corrected chi connectivity index (χ2v) is 7.07. The van der Waals surface area contributed by atoms with Crippen molar-refractivity contribution in [2.45, 2.75) is 18.4 Å². The van der Waals surface area contributed by atoms with E-state index in [1.54, 1.807) is 29.2 Å². The van der Waals surface area contributed by atoms with Crippen molar-refractivity contribution in [1.29, 1.82) is 0 Å². The fraction of sp³-hybridized carbons (Fsp3) is 0.667. The molecule has 2 saturated heterocycles. The van der Waals surface area contributed by atoms with Crippen LogP contribution >= 0.6 is 0 Å². The van der Waals surface area contributed by atoms with Crippen LogP contribution in [0.1, 0.15) is 23.3 Å². The maximum Gasteiger partial charge on any atom is 0.270 e. The van der Waals surface area contributed by atoms with Gasteiger partial charge in [-0.1, -0.05) is 0 Å². The predicted molar refractivity (Wildman–Crippen MR) is 95.8 cm³/mol. The fourth-order valence-corrected chi connectivity index (χ4v) is 3.74. The Labute approximate surface area is 153 Å². The first kappa shape index (κ1) is 18.9. The number of piperidine rings is 1. The summed E-state index contributed by atoms with van der Waals surface area (Å²) in [5.74, 6) is -0.210. The number of hydrogen-bond donors (Lipinski definition) is 2. The lowest BCUT2D eigenvalue weighted by Gasteiger charge is -2.43. The smallest absolute Gasteiger partial charge is 0.270 e. The first-order valence-electron chi connectivity index (χ1n) is 9.19. The molecule has 1 unspecified atom stereocenters. The molecule has 2 aliphatic rings. The first-order chi connectivity index (χ1) is 12.5. The minimum atomic E-state index is -1.34. The highest BCUT2D eigenvalue weighted by Crippen LogP contribution is 2.24. The molecule has 0 bridgehead atoms. The molecular formula is C18H28N4O4. The van der Waals surface area contributed by atoms with Crippen LogP contribution in [-0.4, -0.2) is 102 Å². The molecule has 8 heteroatoms. The summed E-state index contributed by atoms with van der Waals surface area (Å²) < 4.78 is 5.05. The number of aromatic nitrogens is 1. The molecule has 2 aliphatic heterocycles. The molecule has 0 saturated carbocycles. The summed E-state index contributed by atoms with van der Waals surface area (Å²) in [6, 6.07) is 3.58. The number of carbonyl (C=O) groups excluding carboxylic acids is 2. The summed E-state index contributed by atoms with van der Waals surface area (Å²) >= 11 is 0. The third-order valence-electron chi connectivity index (χ3n) is 5.24. The molecule has 2 N–H and O–H groups in total. The summed E-state index contributed by atoms with van der Waals surface area (Å²) in [7, 11) is 1.61. The summed E-state index contributed by atoms with van der Waals surface area (Å²) in [4.78, 5) is 33.6. The Morgan fingerprint density at radius 2 is 2.08 bits per heavy atom. The Bertz CT molecular complexity index is 613. The van der Waals surface area contributed by atoms with Crippen LogP contribution in [0.15, 0.2) is 18.3 Å². The second-order valence-electron chi connectivity index (χ2n) is 7.07. The summed E-state index contributed by atoms with van der Waals surface area (Å²) in [6.45, 7) is 4.46. The summed E-state index contributed by atoms with van der Waals surface area (Å²) in [5.41, 5.74) is -0.745. The van der Waals surface area contributed by atoms with Gasteiger partial charge in [0.05, 0.1) is 6.61 Å². The first-order valence-corrected chi connectivity index (χ1v) is 9.19. The van der Waals surface area contributed by atoms with E-state index >= 15 is 0 Å². The van der Waals surface area contributed by atoms with Crippen LogP contribution in [-0.2, 0) is 9.53 Å². The SMILES string of the molecule is COCCN1CCCC(O)(CN2CCN(C(=O)c3ccc[nH]3)CC2)C1=O. The van der Waals surface area contributed by atoms with Gasteiger partial charge in [0.25, 0.3) is 11.8 Å². The molecule has 0 spiro atoms. The number of H-pyrrole nitrogens is 1. The van der Waals surface area contributed by atoms with Crippen LogP contribution in [0.3, 0.4) is 0 Å². The molecule has 2 amide bonds. The van der Waals surface area contributed by atoms with Gasteiger partial charge in [0.1, 0.15) is 5.69 Å². The number of methoxy groups -OCH3 is 1. The zero-order valence-electron chi connectivity index (χ0n) is 15.3. The standard InChI is InChI=1S/C18H28N4O4/c1-26-13-12-22-7-3-5-18(25,17(22)24)14-20-8-10-21(11-9-20)16(23)15-4-2-6-19-15/h2,4,6,19,25H,3,5,7-14H2,1H3. The normalized spacial score (nSPS) is 24.9. The van der Waals surface area contributed by atoms with Crippen molar-refractivity contribution >= 4 is 11.8 Å². The van der Waals surface area contributed by atoms with E-state index in [1.165, 1.54) is 0 Å². The van der Waals surface area contributed by atoms with E-state index in [4.69, 9.17) is 4.74 Å². The van der Waals surface area contributed by atoms with Crippen LogP contribution < -0.4 is 0 Å². The number of likely N-dealkylation sites (tertiary alicyclic amines) is 1. The van der Waals surface area contributed by atoms with Gasteiger partial charge >= 0.3 is 0 Å². The molecule has 0 aliphatic carbocycles. The van der Waals surface area contributed by atoms with Gasteiger partial charge in [0, 0.05) is 59.1 Å². The molecule has 26 heavy (non-hydrogen) atoms. The van der Waals surface area contributed by atoms with Crippen LogP contribution in [0.2, 0.25) is 0 Å². The van der Waals surface area contributed by atoms with E-state index < -0.39 is 5.60 Å². The van der Waals surface area contributed by atoms with E-state index in [-0.39, 0.29) is 11.8 Å². The Morgan fingerprint density at radius 3 is 2.73 bits per heavy atom. The van der Waals surface area contributed by atoms with Gasteiger partial charge in [-0.3, -0.25) is 14.5 Å². The Hall–Kier alpha value is -1.90. The zero-order chi connectivity index (χ0) is 18.6. The zero-order valence-corrected chi connectivity index (χ0v) is 15.3. The number of nitrogens with zero attached hydrogens (tertiary/aromatic N) is 3. The van der Waals surface area contributed by atoms with Crippen molar-refractivity contribution in [2.75, 3.05) is 59.5 Å². The van der Waals surface area contributed by atoms with Crippen molar-refractivity contribution < 1.29 is 19.4 Å². The topological polar surface area (TPSA) is 89.1 Å². The van der Waals surface area contributed by atoms with E-state index in [0.29, 0.717) is 64.5 Å². The summed E-state index contributed by atoms with van der Waals surface area (Å²) in [6.07, 6.45) is 3.01. The lowest BCUT2D eigenvalue weighted by Crippen LogP contribution is -2.61. The summed E-state index contributed by atoms with van der Waals surface area (Å²) in [5, 5.41) is 10.9. The maximum atomic E-state index is 12.7. The van der Waals surface area contributed by atoms with E-state index in [2.05, 4.69) is 9.88 Å². The molecular weight excluding hydrogens is 336 g/mol. The highest BCUT2D eigenvalue weighted by atomic mass is 16.5. The molecule has 8 nitrogen and oxygen atoms in total. The average molecular weight is 364 g/mol. The van der Waals surface area contributed by atoms with Crippen LogP contribution in [0.5, 0.6) is 0 Å². The van der Waals surface area contributed by atoms with E-state index in [1.807, 2.05) is 6.07 Å². The minimum Gasteiger partial charge on any atom is -0.383 e. The number of rotatable bonds is 6. The van der Waals surface area contributed by atoms with Gasteiger partial charge in [-0.2, -0.15) is 0 Å². The van der Waals surface area contributed by atoms with Crippen molar-refractivity contribution in [1.82, 2.24) is 19.7 Å². The van der Waals surface area contributed by atoms with Crippen LogP contribution in [0.4, 0.5) is 0 Å². The average Bonchev–Trinajstić information content (AvgIpc) is 3.18. The van der Waals surface area contributed by atoms with Crippen LogP contribution in [0, 0.1) is 0 Å². The van der Waals surface area contributed by atoms with Crippen molar-refractivity contribution in [3.63, 3.8) is 0 Å². The fourth-order valence-electron chi connectivity index (χ4n) is 3.74. The Morgan fingerprint density at radius 1 is 1.31 bits per heavy atom. The van der Waals surface area contributed by atoms with E-state index in [9.17, 15) is 14.7 Å². The van der Waals surface area contributed by atoms with Crippen molar-refractivity contribution in [3.05, 3.63) is 24.0 Å². The van der Waals surface area contributed by atoms with Gasteiger partial charge in [-0.15, -0.1) is 0 Å². The van der Waals surface area contributed by atoms with Gasteiger partial charge in [0.15, 0.2) is 5.60 Å². The highest BCUT2D eigenvalue weighted by molar-refractivity contribution is 5.92. The molecule has 2 fully saturated rings. The number of ether oxygens (including phenoxy) is 1. The van der Waals surface area contributed by atoms with Gasteiger partial charge in [-0.05, 0) is 25.0 Å². The number of nitrogens with one attached hydrogen (secondary N) is 1. The molecule has 144 valence electrons. The number of aromatic amines is 1. The molecule has 1 aromatic rings. The number of β-amino-alcohol motifs (C(OH)–C–C–N with tert-alkyl or cyclic N) is 1. The number of carbonyl (C=O) groups is 2. The van der Waals surface area contributed by atoms with Crippen LogP contribution in [0.25, 0.3) is 0 Å². The third-order valence-corrected chi connectivity index (χ3v) is 5.24. The quantitative estimate of drug-likeness (QED) is 0.728. The van der Waals surface area contributed by atoms with Gasteiger partial charge < -0.3 is 24.6 Å². The number of hydrogen-bond acceptors (Lipinski definition) is 5. The third kappa shape index (κ3) is 4.08. The van der Waals surface area contributed by atoms with E-state index in [0.717, 1.165) is 6.42 Å². The lowest BCUT2D eigenvalue weighted by molar-refractivity contribution is -0.160. The van der Waals surface area contributed by atoms with Crippen molar-refractivity contribution in [2.24, 2.45) is 0 Å². The number of aliphatic hydroxyl groups is 1. The maximum absolute atomic E-state index is 12.7. The predicted octanol–water partition coefficient (Wildman–Crippen LogP) is -0.228. The molecule has 1 atom stereocenters.